The first kappa shape index (κ1) is 17.2. The summed E-state index contributed by atoms with van der Waals surface area (Å²) in [6, 6.07) is 8.45. The van der Waals surface area contributed by atoms with E-state index >= 15 is 0 Å². The summed E-state index contributed by atoms with van der Waals surface area (Å²) in [6.45, 7) is 10.3. The smallest absolute Gasteiger partial charge is 0.251 e. The van der Waals surface area contributed by atoms with E-state index in [9.17, 15) is 4.79 Å². The molecule has 0 radical (unpaired) electrons. The molecule has 0 unspecified atom stereocenters. The van der Waals surface area contributed by atoms with Gasteiger partial charge in [-0.15, -0.1) is 0 Å². The SMILES string of the molecule is CNC(=O)C1=CC2(CCN(CCC(C)(C)C)CC2)c2ccccc21.[HH]. The Bertz CT molecular complexity index is 652. The minimum Gasteiger partial charge on any atom is -0.355 e. The summed E-state index contributed by atoms with van der Waals surface area (Å²) in [7, 11) is 1.71. The average Bonchev–Trinajstić information content (AvgIpc) is 2.88. The van der Waals surface area contributed by atoms with Gasteiger partial charge in [0, 0.05) is 19.5 Å². The van der Waals surface area contributed by atoms with Gasteiger partial charge in [0.15, 0.2) is 0 Å². The van der Waals surface area contributed by atoms with E-state index in [2.05, 4.69) is 55.3 Å². The molecule has 3 heteroatoms. The third-order valence-corrected chi connectivity index (χ3v) is 5.57. The molecular formula is C21H32N2O. The molecule has 1 fully saturated rings. The van der Waals surface area contributed by atoms with E-state index in [0.717, 1.165) is 37.1 Å². The molecule has 1 saturated heterocycles. The molecule has 1 N–H and O–H groups in total. The number of nitrogens with one attached hydrogen (secondary N) is 1. The summed E-state index contributed by atoms with van der Waals surface area (Å²) in [5.41, 5.74) is 3.77. The third-order valence-electron chi connectivity index (χ3n) is 5.57. The number of likely N-dealkylation sites (N-methyl/N-ethyl adjacent to an activating group) is 1. The fourth-order valence-corrected chi connectivity index (χ4v) is 3.99. The van der Waals surface area contributed by atoms with Crippen molar-refractivity contribution in [2.24, 2.45) is 5.41 Å². The monoisotopic (exact) mass is 328 g/mol. The molecule has 0 aromatic heterocycles. The van der Waals surface area contributed by atoms with Gasteiger partial charge in [-0.3, -0.25) is 4.79 Å². The number of nitrogens with zero attached hydrogens (tertiary/aromatic N) is 1. The van der Waals surface area contributed by atoms with Crippen LogP contribution in [0, 0.1) is 5.41 Å². The van der Waals surface area contributed by atoms with Gasteiger partial charge in [0.25, 0.3) is 5.91 Å². The highest BCUT2D eigenvalue weighted by atomic mass is 16.1. The van der Waals surface area contributed by atoms with Crippen molar-refractivity contribution in [3.8, 4) is 0 Å². The quantitative estimate of drug-likeness (QED) is 0.914. The molecule has 0 bridgehead atoms. The number of benzene rings is 1. The molecule has 1 heterocycles. The van der Waals surface area contributed by atoms with Crippen LogP contribution in [0.2, 0.25) is 0 Å². The second-order valence-electron chi connectivity index (χ2n) is 8.49. The van der Waals surface area contributed by atoms with Crippen molar-refractivity contribution < 1.29 is 6.22 Å². The van der Waals surface area contributed by atoms with E-state index < -0.39 is 0 Å². The molecule has 132 valence electrons. The Morgan fingerprint density at radius 2 is 1.92 bits per heavy atom. The summed E-state index contributed by atoms with van der Waals surface area (Å²) in [6.07, 6.45) is 5.69. The Morgan fingerprint density at radius 3 is 2.54 bits per heavy atom. The highest BCUT2D eigenvalue weighted by Gasteiger charge is 2.41. The molecule has 3 nitrogen and oxygen atoms in total. The van der Waals surface area contributed by atoms with Crippen molar-refractivity contribution in [1.82, 2.24) is 10.2 Å². The van der Waals surface area contributed by atoms with Gasteiger partial charge in [0.05, 0.1) is 0 Å². The zero-order valence-electron chi connectivity index (χ0n) is 15.5. The lowest BCUT2D eigenvalue weighted by Gasteiger charge is -2.40. The van der Waals surface area contributed by atoms with Crippen molar-refractivity contribution in [3.05, 3.63) is 41.5 Å². The van der Waals surface area contributed by atoms with Crippen molar-refractivity contribution in [2.45, 2.75) is 45.4 Å². The maximum absolute atomic E-state index is 12.3. The molecule has 1 amide bonds. The lowest BCUT2D eigenvalue weighted by atomic mass is 9.74. The number of allylic oxidation sites excluding steroid dienone is 1. The molecule has 1 aromatic carbocycles. The molecule has 0 atom stereocenters. The molecule has 0 saturated carbocycles. The van der Waals surface area contributed by atoms with Gasteiger partial charge >= 0.3 is 0 Å². The fourth-order valence-electron chi connectivity index (χ4n) is 3.99. The van der Waals surface area contributed by atoms with Gasteiger partial charge in [-0.2, -0.15) is 0 Å². The number of hydrogen-bond donors (Lipinski definition) is 1. The van der Waals surface area contributed by atoms with Crippen LogP contribution in [0.3, 0.4) is 0 Å². The summed E-state index contributed by atoms with van der Waals surface area (Å²) in [5, 5.41) is 2.80. The number of hydrogen-bond acceptors (Lipinski definition) is 2. The zero-order chi connectivity index (χ0) is 17.4. The van der Waals surface area contributed by atoms with E-state index in [1.807, 2.05) is 6.07 Å². The summed E-state index contributed by atoms with van der Waals surface area (Å²) >= 11 is 0. The summed E-state index contributed by atoms with van der Waals surface area (Å²) in [4.78, 5) is 14.9. The first-order chi connectivity index (χ1) is 11.3. The highest BCUT2D eigenvalue weighted by molar-refractivity contribution is 6.21. The Hall–Kier alpha value is -1.61. The molecular weight excluding hydrogens is 296 g/mol. The molecule has 24 heavy (non-hydrogen) atoms. The highest BCUT2D eigenvalue weighted by Crippen LogP contribution is 2.47. The van der Waals surface area contributed by atoms with E-state index in [4.69, 9.17) is 0 Å². The molecule has 1 aromatic rings. The Kier molecular flexibility index (Phi) is 4.56. The number of rotatable bonds is 3. The predicted octanol–water partition coefficient (Wildman–Crippen LogP) is 3.85. The maximum Gasteiger partial charge on any atom is 0.251 e. The van der Waals surface area contributed by atoms with Crippen LogP contribution in [0.5, 0.6) is 0 Å². The first-order valence-electron chi connectivity index (χ1n) is 9.12. The van der Waals surface area contributed by atoms with Crippen LogP contribution >= 0.6 is 0 Å². The van der Waals surface area contributed by atoms with Crippen molar-refractivity contribution in [3.63, 3.8) is 0 Å². The number of piperidine rings is 1. The normalized spacial score (nSPS) is 19.9. The Labute approximate surface area is 147 Å². The average molecular weight is 328 g/mol. The van der Waals surface area contributed by atoms with Crippen LogP contribution in [0.25, 0.3) is 5.57 Å². The van der Waals surface area contributed by atoms with E-state index in [0.29, 0.717) is 5.41 Å². The molecule has 3 rings (SSSR count). The van der Waals surface area contributed by atoms with Crippen molar-refractivity contribution in [2.75, 3.05) is 26.7 Å². The topological polar surface area (TPSA) is 32.3 Å². The number of likely N-dealkylation sites (tertiary alicyclic amines) is 1. The second-order valence-corrected chi connectivity index (χ2v) is 8.49. The van der Waals surface area contributed by atoms with Gasteiger partial charge in [0.1, 0.15) is 0 Å². The van der Waals surface area contributed by atoms with Crippen LogP contribution in [-0.4, -0.2) is 37.5 Å². The van der Waals surface area contributed by atoms with Gasteiger partial charge in [-0.25, -0.2) is 0 Å². The van der Waals surface area contributed by atoms with Crippen LogP contribution in [-0.2, 0) is 10.2 Å². The minimum absolute atomic E-state index is 0. The lowest BCUT2D eigenvalue weighted by molar-refractivity contribution is -0.115. The van der Waals surface area contributed by atoms with Crippen LogP contribution in [0.15, 0.2) is 30.3 Å². The Morgan fingerprint density at radius 1 is 1.25 bits per heavy atom. The van der Waals surface area contributed by atoms with Gasteiger partial charge in [0.2, 0.25) is 0 Å². The van der Waals surface area contributed by atoms with Gasteiger partial charge in [-0.05, 0) is 55.4 Å². The largest absolute Gasteiger partial charge is 0.355 e. The van der Waals surface area contributed by atoms with Crippen LogP contribution in [0.4, 0.5) is 0 Å². The number of carbonyl (C=O) groups is 1. The number of amides is 1. The van der Waals surface area contributed by atoms with Crippen molar-refractivity contribution >= 4 is 11.5 Å². The standard InChI is InChI=1S/C21H30N2O.H2/c1-20(2,3)9-12-23-13-10-21(11-14-23)15-17(19(24)22-4)16-7-5-6-8-18(16)21;/h5-8,15H,9-14H2,1-4H3,(H,22,24);1H. The zero-order valence-corrected chi connectivity index (χ0v) is 15.5. The summed E-state index contributed by atoms with van der Waals surface area (Å²) < 4.78 is 0. The van der Waals surface area contributed by atoms with Crippen LogP contribution in [0.1, 0.15) is 52.6 Å². The van der Waals surface area contributed by atoms with Gasteiger partial charge in [-0.1, -0.05) is 51.1 Å². The van der Waals surface area contributed by atoms with Gasteiger partial charge < -0.3 is 10.2 Å². The van der Waals surface area contributed by atoms with Crippen LogP contribution < -0.4 is 5.32 Å². The molecule has 1 spiro atoms. The van der Waals surface area contributed by atoms with Crippen molar-refractivity contribution in [1.29, 1.82) is 0 Å². The van der Waals surface area contributed by atoms with E-state index in [-0.39, 0.29) is 12.7 Å². The molecule has 1 aliphatic heterocycles. The number of carbonyl (C=O) groups excluding carboxylic acids is 1. The first-order valence-corrected chi connectivity index (χ1v) is 9.12. The third kappa shape index (κ3) is 3.27. The lowest BCUT2D eigenvalue weighted by Crippen LogP contribution is -2.42. The predicted molar refractivity (Wildman–Crippen MR) is 102 cm³/mol. The Balaban J connectivity index is 0.00000225. The maximum atomic E-state index is 12.3. The van der Waals surface area contributed by atoms with E-state index in [1.165, 1.54) is 18.5 Å². The second kappa shape index (κ2) is 6.36. The minimum atomic E-state index is 0. The number of fused-ring (bicyclic) bond motifs is 2. The fraction of sp³-hybridized carbons (Fsp3) is 0.571. The summed E-state index contributed by atoms with van der Waals surface area (Å²) in [5.74, 6) is 0.0366. The molecule has 1 aliphatic carbocycles. The van der Waals surface area contributed by atoms with E-state index in [1.54, 1.807) is 7.05 Å². The molecule has 2 aliphatic rings.